The molecule has 0 saturated heterocycles. The number of aromatic hydroxyl groups is 1. The molecule has 102 valence electrons. The van der Waals surface area contributed by atoms with Crippen LogP contribution in [0.5, 0.6) is 5.75 Å². The zero-order chi connectivity index (χ0) is 14.4. The Labute approximate surface area is 109 Å². The van der Waals surface area contributed by atoms with Crippen molar-refractivity contribution in [3.8, 4) is 16.9 Å². The van der Waals surface area contributed by atoms with E-state index in [1.165, 1.54) is 16.9 Å². The maximum Gasteiger partial charge on any atom is 0.182 e. The highest BCUT2D eigenvalue weighted by atomic mass is 32.2. The molecule has 2 aromatic rings. The van der Waals surface area contributed by atoms with Gasteiger partial charge in [0.05, 0.1) is 6.20 Å². The van der Waals surface area contributed by atoms with Gasteiger partial charge in [-0.3, -0.25) is 4.68 Å². The largest absolute Gasteiger partial charge is 0.506 e. The molecule has 19 heavy (non-hydrogen) atoms. The van der Waals surface area contributed by atoms with Crippen molar-refractivity contribution in [3.63, 3.8) is 0 Å². The van der Waals surface area contributed by atoms with Gasteiger partial charge in [0.2, 0.25) is 0 Å². The third-order valence-corrected chi connectivity index (χ3v) is 3.85. The van der Waals surface area contributed by atoms with Crippen LogP contribution in [0.25, 0.3) is 11.1 Å². The van der Waals surface area contributed by atoms with Crippen LogP contribution in [-0.2, 0) is 16.9 Å². The van der Waals surface area contributed by atoms with Crippen LogP contribution in [0.4, 0.5) is 10.2 Å². The third kappa shape index (κ3) is 2.14. The minimum Gasteiger partial charge on any atom is -0.506 e. The van der Waals surface area contributed by atoms with Crippen LogP contribution in [0.3, 0.4) is 0 Å². The zero-order valence-electron chi connectivity index (χ0n) is 10.3. The highest BCUT2D eigenvalue weighted by molar-refractivity contribution is 7.90. The van der Waals surface area contributed by atoms with E-state index in [0.717, 1.165) is 12.3 Å². The molecule has 0 atom stereocenters. The number of sulfone groups is 1. The topological polar surface area (TPSA) is 98.2 Å². The zero-order valence-corrected chi connectivity index (χ0v) is 11.1. The second-order valence-corrected chi connectivity index (χ2v) is 6.07. The molecule has 0 unspecified atom stereocenters. The van der Waals surface area contributed by atoms with Crippen molar-refractivity contribution in [1.82, 2.24) is 9.78 Å². The normalized spacial score (nSPS) is 11.7. The van der Waals surface area contributed by atoms with Gasteiger partial charge < -0.3 is 10.8 Å². The fraction of sp³-hybridized carbons (Fsp3) is 0.182. The van der Waals surface area contributed by atoms with Gasteiger partial charge in [-0.2, -0.15) is 5.10 Å². The standard InChI is InChI=1S/C11H12FN3O3S/c1-15-11(13)7(5-14-15)6-3-4-8(16)10(9(6)12)19(2,17)18/h3-5,16H,13H2,1-2H3. The number of nitrogen functional groups attached to an aromatic ring is 1. The van der Waals surface area contributed by atoms with E-state index in [1.807, 2.05) is 0 Å². The Kier molecular flexibility index (Phi) is 2.97. The van der Waals surface area contributed by atoms with Gasteiger partial charge in [-0.1, -0.05) is 0 Å². The average molecular weight is 285 g/mol. The second kappa shape index (κ2) is 4.23. The lowest BCUT2D eigenvalue weighted by Gasteiger charge is -2.08. The Balaban J connectivity index is 2.78. The van der Waals surface area contributed by atoms with E-state index in [-0.39, 0.29) is 16.9 Å². The molecule has 1 aromatic carbocycles. The highest BCUT2D eigenvalue weighted by Gasteiger charge is 2.24. The summed E-state index contributed by atoms with van der Waals surface area (Å²) in [6, 6.07) is 2.37. The first-order valence-electron chi connectivity index (χ1n) is 5.23. The number of aromatic nitrogens is 2. The van der Waals surface area contributed by atoms with Crippen molar-refractivity contribution in [2.75, 3.05) is 12.0 Å². The summed E-state index contributed by atoms with van der Waals surface area (Å²) in [5.74, 6) is -1.47. The van der Waals surface area contributed by atoms with E-state index in [4.69, 9.17) is 5.73 Å². The Morgan fingerprint density at radius 3 is 2.47 bits per heavy atom. The van der Waals surface area contributed by atoms with E-state index >= 15 is 0 Å². The van der Waals surface area contributed by atoms with Crippen LogP contribution in [0.1, 0.15) is 0 Å². The van der Waals surface area contributed by atoms with Crippen molar-refractivity contribution >= 4 is 15.7 Å². The predicted molar refractivity (Wildman–Crippen MR) is 67.8 cm³/mol. The lowest BCUT2D eigenvalue weighted by atomic mass is 10.1. The van der Waals surface area contributed by atoms with Gasteiger partial charge in [-0.15, -0.1) is 0 Å². The average Bonchev–Trinajstić information content (AvgIpc) is 2.59. The number of nitrogens with two attached hydrogens (primary N) is 1. The molecule has 0 fully saturated rings. The molecule has 0 saturated carbocycles. The highest BCUT2D eigenvalue weighted by Crippen LogP contribution is 2.35. The van der Waals surface area contributed by atoms with Crippen molar-refractivity contribution < 1.29 is 17.9 Å². The first kappa shape index (κ1) is 13.3. The number of hydrogen-bond donors (Lipinski definition) is 2. The van der Waals surface area contributed by atoms with E-state index in [2.05, 4.69) is 5.10 Å². The number of phenols is 1. The van der Waals surface area contributed by atoms with Gasteiger partial charge in [0.15, 0.2) is 15.7 Å². The third-order valence-electron chi connectivity index (χ3n) is 2.72. The van der Waals surface area contributed by atoms with Crippen molar-refractivity contribution in [2.24, 2.45) is 7.05 Å². The molecule has 0 aliphatic carbocycles. The quantitative estimate of drug-likeness (QED) is 0.855. The Bertz CT molecular complexity index is 753. The fourth-order valence-corrected chi connectivity index (χ4v) is 2.64. The van der Waals surface area contributed by atoms with E-state index in [9.17, 15) is 17.9 Å². The summed E-state index contributed by atoms with van der Waals surface area (Å²) in [6.45, 7) is 0. The van der Waals surface area contributed by atoms with Crippen LogP contribution in [-0.4, -0.2) is 29.6 Å². The van der Waals surface area contributed by atoms with Crippen LogP contribution in [0, 0.1) is 5.82 Å². The predicted octanol–water partition coefficient (Wildman–Crippen LogP) is 0.918. The molecule has 3 N–H and O–H groups in total. The lowest BCUT2D eigenvalue weighted by Crippen LogP contribution is -2.04. The van der Waals surface area contributed by atoms with Crippen molar-refractivity contribution in [3.05, 3.63) is 24.1 Å². The molecule has 6 nitrogen and oxygen atoms in total. The van der Waals surface area contributed by atoms with E-state index in [1.54, 1.807) is 7.05 Å². The Morgan fingerprint density at radius 2 is 2.00 bits per heavy atom. The minimum atomic E-state index is -3.89. The Hall–Kier alpha value is -2.09. The number of aryl methyl sites for hydroxylation is 1. The SMILES string of the molecule is Cn1ncc(-c2ccc(O)c(S(C)(=O)=O)c2F)c1N. The summed E-state index contributed by atoms with van der Waals surface area (Å²) in [6.07, 6.45) is 2.15. The molecule has 2 rings (SSSR count). The summed E-state index contributed by atoms with van der Waals surface area (Å²) < 4.78 is 38.6. The molecule has 0 spiro atoms. The van der Waals surface area contributed by atoms with Crippen LogP contribution in [0.15, 0.2) is 23.2 Å². The van der Waals surface area contributed by atoms with Gasteiger partial charge in [-0.05, 0) is 12.1 Å². The van der Waals surface area contributed by atoms with Crippen LogP contribution in [0.2, 0.25) is 0 Å². The number of benzene rings is 1. The maximum atomic E-state index is 14.3. The number of hydrogen-bond acceptors (Lipinski definition) is 5. The van der Waals surface area contributed by atoms with Gasteiger partial charge in [0.25, 0.3) is 0 Å². The molecule has 0 amide bonds. The van der Waals surface area contributed by atoms with Gasteiger partial charge >= 0.3 is 0 Å². The van der Waals surface area contributed by atoms with Crippen molar-refractivity contribution in [1.29, 1.82) is 0 Å². The number of anilines is 1. The monoisotopic (exact) mass is 285 g/mol. The number of rotatable bonds is 2. The number of phenolic OH excluding ortho intramolecular Hbond substituents is 1. The van der Waals surface area contributed by atoms with Gasteiger partial charge in [-0.25, -0.2) is 12.8 Å². The smallest absolute Gasteiger partial charge is 0.182 e. The second-order valence-electron chi connectivity index (χ2n) is 4.11. The summed E-state index contributed by atoms with van der Waals surface area (Å²) in [5, 5.41) is 13.4. The fourth-order valence-electron chi connectivity index (χ4n) is 1.76. The number of nitrogens with zero attached hydrogens (tertiary/aromatic N) is 2. The van der Waals surface area contributed by atoms with E-state index in [0.29, 0.717) is 0 Å². The molecule has 0 bridgehead atoms. The van der Waals surface area contributed by atoms with Crippen LogP contribution >= 0.6 is 0 Å². The van der Waals surface area contributed by atoms with Crippen molar-refractivity contribution in [2.45, 2.75) is 4.90 Å². The van der Waals surface area contributed by atoms with E-state index < -0.39 is 26.3 Å². The molecule has 0 aliphatic heterocycles. The molecule has 1 aromatic heterocycles. The number of halogens is 1. The maximum absolute atomic E-state index is 14.3. The molecule has 0 radical (unpaired) electrons. The molecule has 8 heteroatoms. The first-order valence-corrected chi connectivity index (χ1v) is 7.12. The summed E-state index contributed by atoms with van der Waals surface area (Å²) in [5.41, 5.74) is 5.97. The molecule has 0 aliphatic rings. The summed E-state index contributed by atoms with van der Waals surface area (Å²) >= 11 is 0. The summed E-state index contributed by atoms with van der Waals surface area (Å²) in [4.78, 5) is -0.742. The molecular formula is C11H12FN3O3S. The molecule has 1 heterocycles. The van der Waals surface area contributed by atoms with Crippen LogP contribution < -0.4 is 5.73 Å². The summed E-state index contributed by atoms with van der Waals surface area (Å²) in [7, 11) is -2.32. The molecular weight excluding hydrogens is 273 g/mol. The lowest BCUT2D eigenvalue weighted by molar-refractivity contribution is 0.445. The minimum absolute atomic E-state index is 0.0242. The Morgan fingerprint density at radius 1 is 1.37 bits per heavy atom. The van der Waals surface area contributed by atoms with Gasteiger partial charge in [0, 0.05) is 24.4 Å². The van der Waals surface area contributed by atoms with Gasteiger partial charge in [0.1, 0.15) is 16.5 Å². The first-order chi connectivity index (χ1) is 8.73.